The number of hydrogen-bond donors (Lipinski definition) is 1. The van der Waals surface area contributed by atoms with Crippen LogP contribution >= 0.6 is 0 Å². The Morgan fingerprint density at radius 2 is 1.94 bits per heavy atom. The fourth-order valence-electron chi connectivity index (χ4n) is 1.48. The standard InChI is InChI=1S/C11H13F4NO/c12-9-1-2-10(13)8(5-9)6-16(3-4-17)7-11(14)15/h1-2,5,11,17H,3-4,6-7H2. The number of aliphatic hydroxyl groups is 1. The largest absolute Gasteiger partial charge is 0.395 e. The Morgan fingerprint density at radius 1 is 1.24 bits per heavy atom. The zero-order chi connectivity index (χ0) is 12.8. The number of halogens is 4. The maximum atomic E-state index is 13.3. The maximum Gasteiger partial charge on any atom is 0.251 e. The molecule has 0 unspecified atom stereocenters. The number of rotatable bonds is 6. The molecule has 0 heterocycles. The number of hydrogen-bond acceptors (Lipinski definition) is 2. The van der Waals surface area contributed by atoms with Crippen LogP contribution in [0, 0.1) is 11.6 Å². The van der Waals surface area contributed by atoms with Gasteiger partial charge < -0.3 is 5.11 Å². The highest BCUT2D eigenvalue weighted by Gasteiger charge is 2.14. The molecule has 1 rings (SSSR count). The van der Waals surface area contributed by atoms with Crippen molar-refractivity contribution in [2.45, 2.75) is 13.0 Å². The average Bonchev–Trinajstić information content (AvgIpc) is 2.23. The van der Waals surface area contributed by atoms with Gasteiger partial charge >= 0.3 is 0 Å². The van der Waals surface area contributed by atoms with E-state index in [4.69, 9.17) is 5.11 Å². The van der Waals surface area contributed by atoms with Gasteiger partial charge in [-0.15, -0.1) is 0 Å². The molecule has 1 N–H and O–H groups in total. The highest BCUT2D eigenvalue weighted by Crippen LogP contribution is 2.13. The minimum Gasteiger partial charge on any atom is -0.395 e. The lowest BCUT2D eigenvalue weighted by Gasteiger charge is -2.21. The summed E-state index contributed by atoms with van der Waals surface area (Å²) < 4.78 is 50.5. The molecule has 0 atom stereocenters. The zero-order valence-corrected chi connectivity index (χ0v) is 9.04. The van der Waals surface area contributed by atoms with Gasteiger partial charge in [-0.1, -0.05) is 0 Å². The second-order valence-electron chi connectivity index (χ2n) is 3.59. The van der Waals surface area contributed by atoms with Gasteiger partial charge in [0.2, 0.25) is 0 Å². The number of aliphatic hydroxyl groups excluding tert-OH is 1. The third kappa shape index (κ3) is 4.70. The van der Waals surface area contributed by atoms with Crippen LogP contribution in [0.15, 0.2) is 18.2 Å². The second kappa shape index (κ2) is 6.56. The van der Waals surface area contributed by atoms with Crippen molar-refractivity contribution in [2.75, 3.05) is 19.7 Å². The third-order valence-electron chi connectivity index (χ3n) is 2.21. The number of nitrogens with zero attached hydrogens (tertiary/aromatic N) is 1. The Hall–Kier alpha value is -1.14. The summed E-state index contributed by atoms with van der Waals surface area (Å²) in [5.74, 6) is -1.27. The minimum absolute atomic E-state index is 0.000833. The molecule has 1 aromatic rings. The minimum atomic E-state index is -2.59. The average molecular weight is 251 g/mol. The van der Waals surface area contributed by atoms with E-state index in [0.29, 0.717) is 0 Å². The van der Waals surface area contributed by atoms with Gasteiger partial charge in [0.25, 0.3) is 6.43 Å². The Labute approximate surface area is 96.5 Å². The van der Waals surface area contributed by atoms with Crippen molar-refractivity contribution in [1.82, 2.24) is 4.90 Å². The summed E-state index contributed by atoms with van der Waals surface area (Å²) in [6.07, 6.45) is -2.59. The van der Waals surface area contributed by atoms with E-state index >= 15 is 0 Å². The first kappa shape index (κ1) is 13.9. The first-order chi connectivity index (χ1) is 8.02. The number of benzene rings is 1. The molecule has 0 bridgehead atoms. The van der Waals surface area contributed by atoms with E-state index in [-0.39, 0.29) is 25.3 Å². The van der Waals surface area contributed by atoms with Crippen molar-refractivity contribution >= 4 is 0 Å². The molecule has 0 spiro atoms. The molecule has 0 radical (unpaired) electrons. The van der Waals surface area contributed by atoms with Crippen molar-refractivity contribution in [3.8, 4) is 0 Å². The van der Waals surface area contributed by atoms with Crippen molar-refractivity contribution in [2.24, 2.45) is 0 Å². The van der Waals surface area contributed by atoms with Crippen LogP contribution in [0.4, 0.5) is 17.6 Å². The van der Waals surface area contributed by atoms with Crippen LogP contribution < -0.4 is 0 Å². The highest BCUT2D eigenvalue weighted by molar-refractivity contribution is 5.18. The smallest absolute Gasteiger partial charge is 0.251 e. The normalized spacial score (nSPS) is 11.5. The van der Waals surface area contributed by atoms with E-state index in [0.717, 1.165) is 18.2 Å². The van der Waals surface area contributed by atoms with E-state index in [1.54, 1.807) is 0 Å². The molecule has 0 fully saturated rings. The van der Waals surface area contributed by atoms with Crippen LogP contribution in [0.3, 0.4) is 0 Å². The van der Waals surface area contributed by atoms with Crippen molar-refractivity contribution in [3.05, 3.63) is 35.4 Å². The van der Waals surface area contributed by atoms with Crippen LogP contribution in [0.5, 0.6) is 0 Å². The first-order valence-corrected chi connectivity index (χ1v) is 5.08. The number of alkyl halides is 2. The molecular formula is C11H13F4NO. The summed E-state index contributed by atoms with van der Waals surface area (Å²) in [4.78, 5) is 1.17. The topological polar surface area (TPSA) is 23.5 Å². The van der Waals surface area contributed by atoms with Gasteiger partial charge in [0, 0.05) is 18.7 Å². The molecular weight excluding hydrogens is 238 g/mol. The SMILES string of the molecule is OCCN(Cc1cc(F)ccc1F)CC(F)F. The molecule has 0 saturated carbocycles. The van der Waals surface area contributed by atoms with Crippen LogP contribution in [0.2, 0.25) is 0 Å². The Kier molecular flexibility index (Phi) is 5.37. The summed E-state index contributed by atoms with van der Waals surface area (Å²) in [5, 5.41) is 8.70. The molecule has 0 aliphatic heterocycles. The van der Waals surface area contributed by atoms with E-state index in [9.17, 15) is 17.6 Å². The van der Waals surface area contributed by atoms with Gasteiger partial charge in [0.05, 0.1) is 13.2 Å². The van der Waals surface area contributed by atoms with Gasteiger partial charge in [0.15, 0.2) is 0 Å². The van der Waals surface area contributed by atoms with Gasteiger partial charge in [-0.05, 0) is 18.2 Å². The van der Waals surface area contributed by atoms with E-state index < -0.39 is 24.6 Å². The predicted octanol–water partition coefficient (Wildman–Crippen LogP) is 2.02. The summed E-state index contributed by atoms with van der Waals surface area (Å²) in [7, 11) is 0. The molecule has 96 valence electrons. The Bertz CT molecular complexity index is 359. The van der Waals surface area contributed by atoms with Crippen molar-refractivity contribution in [1.29, 1.82) is 0 Å². The quantitative estimate of drug-likeness (QED) is 0.782. The first-order valence-electron chi connectivity index (χ1n) is 5.08. The van der Waals surface area contributed by atoms with Crippen LogP contribution in [-0.4, -0.2) is 36.1 Å². The predicted molar refractivity (Wildman–Crippen MR) is 54.7 cm³/mol. The molecule has 2 nitrogen and oxygen atoms in total. The van der Waals surface area contributed by atoms with E-state index in [1.807, 2.05) is 0 Å². The molecule has 0 amide bonds. The second-order valence-corrected chi connectivity index (χ2v) is 3.59. The monoisotopic (exact) mass is 251 g/mol. The zero-order valence-electron chi connectivity index (χ0n) is 9.04. The fraction of sp³-hybridized carbons (Fsp3) is 0.455. The van der Waals surface area contributed by atoms with Crippen LogP contribution in [0.25, 0.3) is 0 Å². The van der Waals surface area contributed by atoms with Gasteiger partial charge in [0.1, 0.15) is 11.6 Å². The molecule has 6 heteroatoms. The van der Waals surface area contributed by atoms with Crippen LogP contribution in [0.1, 0.15) is 5.56 Å². The lowest BCUT2D eigenvalue weighted by molar-refractivity contribution is 0.0740. The molecule has 0 aromatic heterocycles. The molecule has 1 aromatic carbocycles. The van der Waals surface area contributed by atoms with Crippen molar-refractivity contribution < 1.29 is 22.7 Å². The lowest BCUT2D eigenvalue weighted by atomic mass is 10.2. The van der Waals surface area contributed by atoms with E-state index in [2.05, 4.69) is 0 Å². The molecule has 0 aliphatic carbocycles. The van der Waals surface area contributed by atoms with E-state index in [1.165, 1.54) is 4.90 Å². The Morgan fingerprint density at radius 3 is 2.53 bits per heavy atom. The summed E-state index contributed by atoms with van der Waals surface area (Å²) >= 11 is 0. The van der Waals surface area contributed by atoms with Gasteiger partial charge in [-0.3, -0.25) is 4.90 Å². The van der Waals surface area contributed by atoms with Crippen LogP contribution in [-0.2, 0) is 6.54 Å². The summed E-state index contributed by atoms with van der Waals surface area (Å²) in [5.41, 5.74) is -0.000833. The summed E-state index contributed by atoms with van der Waals surface area (Å²) in [6.45, 7) is -1.07. The summed E-state index contributed by atoms with van der Waals surface area (Å²) in [6, 6.07) is 2.87. The Balaban J connectivity index is 2.74. The highest BCUT2D eigenvalue weighted by atomic mass is 19.3. The van der Waals surface area contributed by atoms with Gasteiger partial charge in [-0.25, -0.2) is 17.6 Å². The fourth-order valence-corrected chi connectivity index (χ4v) is 1.48. The van der Waals surface area contributed by atoms with Gasteiger partial charge in [-0.2, -0.15) is 0 Å². The lowest BCUT2D eigenvalue weighted by Crippen LogP contribution is -2.31. The molecule has 17 heavy (non-hydrogen) atoms. The third-order valence-corrected chi connectivity index (χ3v) is 2.21. The maximum absolute atomic E-state index is 13.3. The van der Waals surface area contributed by atoms with Crippen molar-refractivity contribution in [3.63, 3.8) is 0 Å². The molecule has 0 saturated heterocycles. The molecule has 0 aliphatic rings.